The quantitative estimate of drug-likeness (QED) is 0.0195. The molecule has 0 aliphatic carbocycles. The Morgan fingerprint density at radius 1 is 0.488 bits per heavy atom. The molecule has 1 saturated heterocycles. The molecule has 1 heterocycles. The number of ether oxygens (including phenoxy) is 3. The number of hydrogen-bond acceptors (Lipinski definition) is 10. The number of carbonyl (C=O) groups is 2. The SMILES string of the molecule is CC/C=C\C/C=C\C/C=C\C/C=C\C/C=C\CCCCCCC(O)C(=O)NC(COC1OC(CO)C(O)C(O)C1OC(=O)CCCCCCCCCCCCC/C=C\C/C=C\CCCCC)C(O)/C=C/CCCCCCCCCCCC. The molecule has 0 aromatic heterocycles. The topological polar surface area (TPSA) is 175 Å². The van der Waals surface area contributed by atoms with Gasteiger partial charge < -0.3 is 45.1 Å². The third-order valence-electron chi connectivity index (χ3n) is 15.2. The standard InChI is InChI=1S/C71H123NO10/c1-4-7-10-13-16-19-22-25-27-29-31-33-35-37-39-41-44-47-50-53-56-59-66(76)82-69-68(78)67(77)65(60-73)81-71(69)80-61-62(63(74)57-54-51-48-45-42-24-21-18-15-12-9-6-3)72-70(79)64(75)58-55-52-49-46-43-40-38-36-34-32-30-28-26-23-20-17-14-11-8-5-2/h8,11,16-17,19-20,25-28,32,34,38,40,54,57,62-65,67-69,71,73-75,77-78H,4-7,9-10,12-15,18,21-24,29-31,33,35-37,39,41-53,55-56,58-61H2,1-3H3,(H,72,79)/b11-8-,19-16-,20-17-,27-25-,28-26-,34-32-,40-38-,57-54+. The maximum atomic E-state index is 13.5. The normalized spacial score (nSPS) is 19.2. The van der Waals surface area contributed by atoms with Crippen molar-refractivity contribution in [1.82, 2.24) is 5.32 Å². The van der Waals surface area contributed by atoms with Crippen LogP contribution in [0, 0.1) is 0 Å². The van der Waals surface area contributed by atoms with Gasteiger partial charge in [-0.3, -0.25) is 9.59 Å². The summed E-state index contributed by atoms with van der Waals surface area (Å²) >= 11 is 0. The summed E-state index contributed by atoms with van der Waals surface area (Å²) in [5, 5.41) is 57.1. The lowest BCUT2D eigenvalue weighted by Crippen LogP contribution is -2.61. The molecule has 11 nitrogen and oxygen atoms in total. The molecule has 1 amide bonds. The average Bonchev–Trinajstić information content (AvgIpc) is 3.66. The minimum absolute atomic E-state index is 0.115. The van der Waals surface area contributed by atoms with E-state index in [2.05, 4.69) is 111 Å². The number of aliphatic hydroxyl groups is 5. The second-order valence-electron chi connectivity index (χ2n) is 22.8. The number of esters is 1. The highest BCUT2D eigenvalue weighted by Crippen LogP contribution is 2.26. The lowest BCUT2D eigenvalue weighted by Gasteiger charge is -2.41. The molecule has 1 rings (SSSR count). The van der Waals surface area contributed by atoms with Gasteiger partial charge in [-0.15, -0.1) is 0 Å². The van der Waals surface area contributed by atoms with Crippen LogP contribution in [-0.2, 0) is 23.8 Å². The van der Waals surface area contributed by atoms with Crippen LogP contribution in [0.3, 0.4) is 0 Å². The van der Waals surface area contributed by atoms with Crippen LogP contribution in [0.1, 0.15) is 278 Å². The molecule has 0 saturated carbocycles. The number of hydrogen-bond donors (Lipinski definition) is 6. The molecule has 1 fully saturated rings. The summed E-state index contributed by atoms with van der Waals surface area (Å²) in [7, 11) is 0. The van der Waals surface area contributed by atoms with Crippen molar-refractivity contribution in [2.75, 3.05) is 13.2 Å². The van der Waals surface area contributed by atoms with Crippen LogP contribution in [0.5, 0.6) is 0 Å². The second kappa shape index (κ2) is 58.0. The van der Waals surface area contributed by atoms with Gasteiger partial charge in [0, 0.05) is 6.42 Å². The van der Waals surface area contributed by atoms with Crippen LogP contribution in [0.2, 0.25) is 0 Å². The largest absolute Gasteiger partial charge is 0.454 e. The van der Waals surface area contributed by atoms with Crippen molar-refractivity contribution in [1.29, 1.82) is 0 Å². The first-order chi connectivity index (χ1) is 40.2. The lowest BCUT2D eigenvalue weighted by atomic mass is 9.99. The molecule has 0 aromatic carbocycles. The summed E-state index contributed by atoms with van der Waals surface area (Å²) in [5.74, 6) is -1.22. The van der Waals surface area contributed by atoms with Crippen LogP contribution < -0.4 is 5.32 Å². The van der Waals surface area contributed by atoms with Crippen molar-refractivity contribution in [2.24, 2.45) is 0 Å². The number of nitrogens with one attached hydrogen (secondary N) is 1. The molecule has 8 atom stereocenters. The highest BCUT2D eigenvalue weighted by Gasteiger charge is 2.47. The minimum Gasteiger partial charge on any atom is -0.454 e. The van der Waals surface area contributed by atoms with Crippen LogP contribution in [-0.4, -0.2) is 99.6 Å². The van der Waals surface area contributed by atoms with Gasteiger partial charge in [-0.1, -0.05) is 266 Å². The van der Waals surface area contributed by atoms with Gasteiger partial charge in [-0.25, -0.2) is 0 Å². The van der Waals surface area contributed by atoms with Crippen LogP contribution in [0.4, 0.5) is 0 Å². The Kier molecular flexibility index (Phi) is 54.2. The molecule has 0 bridgehead atoms. The third-order valence-corrected chi connectivity index (χ3v) is 15.2. The van der Waals surface area contributed by atoms with Crippen molar-refractivity contribution in [3.63, 3.8) is 0 Å². The van der Waals surface area contributed by atoms with E-state index in [4.69, 9.17) is 14.2 Å². The minimum atomic E-state index is -1.62. The lowest BCUT2D eigenvalue weighted by molar-refractivity contribution is -0.305. The molecule has 11 heteroatoms. The molecular formula is C71H123NO10. The van der Waals surface area contributed by atoms with Gasteiger partial charge in [0.2, 0.25) is 5.91 Å². The first-order valence-electron chi connectivity index (χ1n) is 33.5. The van der Waals surface area contributed by atoms with Gasteiger partial charge in [-0.05, 0) is 103 Å². The molecule has 1 aliphatic rings. The van der Waals surface area contributed by atoms with Crippen LogP contribution >= 0.6 is 0 Å². The van der Waals surface area contributed by atoms with Crippen molar-refractivity contribution in [3.8, 4) is 0 Å². The molecule has 472 valence electrons. The van der Waals surface area contributed by atoms with Gasteiger partial charge in [0.1, 0.15) is 24.4 Å². The summed E-state index contributed by atoms with van der Waals surface area (Å²) in [6.45, 7) is 5.65. The Bertz CT molecular complexity index is 1700. The van der Waals surface area contributed by atoms with E-state index in [1.54, 1.807) is 6.08 Å². The number of allylic oxidation sites excluding steroid dienone is 15. The zero-order valence-corrected chi connectivity index (χ0v) is 52.3. The fourth-order valence-electron chi connectivity index (χ4n) is 9.94. The summed E-state index contributed by atoms with van der Waals surface area (Å²) < 4.78 is 17.7. The number of unbranched alkanes of at least 4 members (excludes halogenated alkanes) is 28. The summed E-state index contributed by atoms with van der Waals surface area (Å²) in [6, 6.07) is -1.04. The highest BCUT2D eigenvalue weighted by atomic mass is 16.7. The second-order valence-corrected chi connectivity index (χ2v) is 22.8. The predicted octanol–water partition coefficient (Wildman–Crippen LogP) is 16.7. The third kappa shape index (κ3) is 45.0. The Balaban J connectivity index is 2.64. The molecule has 6 N–H and O–H groups in total. The predicted molar refractivity (Wildman–Crippen MR) is 342 cm³/mol. The maximum absolute atomic E-state index is 13.5. The average molecular weight is 1150 g/mol. The Morgan fingerprint density at radius 3 is 1.34 bits per heavy atom. The number of rotatable bonds is 56. The molecule has 0 radical (unpaired) electrons. The van der Waals surface area contributed by atoms with Gasteiger partial charge in [0.05, 0.1) is 25.4 Å². The van der Waals surface area contributed by atoms with Crippen molar-refractivity contribution >= 4 is 11.9 Å². The monoisotopic (exact) mass is 1150 g/mol. The van der Waals surface area contributed by atoms with Gasteiger partial charge in [-0.2, -0.15) is 0 Å². The zero-order chi connectivity index (χ0) is 59.6. The number of amides is 1. The van der Waals surface area contributed by atoms with Crippen LogP contribution in [0.25, 0.3) is 0 Å². The number of aliphatic hydroxyl groups excluding tert-OH is 5. The van der Waals surface area contributed by atoms with E-state index in [0.717, 1.165) is 103 Å². The molecule has 0 aromatic rings. The number of carbonyl (C=O) groups excluding carboxylic acids is 2. The molecule has 8 unspecified atom stereocenters. The Labute approximate surface area is 501 Å². The maximum Gasteiger partial charge on any atom is 0.306 e. The Hall–Kier alpha value is -3.42. The molecule has 82 heavy (non-hydrogen) atoms. The van der Waals surface area contributed by atoms with E-state index in [-0.39, 0.29) is 19.4 Å². The smallest absolute Gasteiger partial charge is 0.306 e. The molecule has 0 spiro atoms. The zero-order valence-electron chi connectivity index (χ0n) is 52.3. The fourth-order valence-corrected chi connectivity index (χ4v) is 9.94. The van der Waals surface area contributed by atoms with Crippen molar-refractivity contribution in [2.45, 2.75) is 327 Å². The van der Waals surface area contributed by atoms with E-state index >= 15 is 0 Å². The van der Waals surface area contributed by atoms with Gasteiger partial charge >= 0.3 is 5.97 Å². The molecule has 1 aliphatic heterocycles. The first-order valence-corrected chi connectivity index (χ1v) is 33.5. The van der Waals surface area contributed by atoms with E-state index in [1.807, 2.05) is 6.08 Å². The van der Waals surface area contributed by atoms with Crippen LogP contribution in [0.15, 0.2) is 97.2 Å². The van der Waals surface area contributed by atoms with E-state index in [1.165, 1.54) is 128 Å². The van der Waals surface area contributed by atoms with Crippen molar-refractivity contribution in [3.05, 3.63) is 97.2 Å². The summed E-state index contributed by atoms with van der Waals surface area (Å²) in [5.41, 5.74) is 0. The van der Waals surface area contributed by atoms with Gasteiger partial charge in [0.15, 0.2) is 12.4 Å². The summed E-state index contributed by atoms with van der Waals surface area (Å²) in [6.07, 6.45) is 67.2. The summed E-state index contributed by atoms with van der Waals surface area (Å²) in [4.78, 5) is 26.6. The Morgan fingerprint density at radius 2 is 0.878 bits per heavy atom. The van der Waals surface area contributed by atoms with Crippen molar-refractivity contribution < 1.29 is 49.3 Å². The van der Waals surface area contributed by atoms with Gasteiger partial charge in [0.25, 0.3) is 0 Å². The fraction of sp³-hybridized carbons (Fsp3) is 0.746. The van der Waals surface area contributed by atoms with E-state index in [0.29, 0.717) is 12.8 Å². The highest BCUT2D eigenvalue weighted by molar-refractivity contribution is 5.80. The van der Waals surface area contributed by atoms with E-state index in [9.17, 15) is 35.1 Å². The van der Waals surface area contributed by atoms with E-state index < -0.39 is 67.4 Å². The first kappa shape index (κ1) is 76.6. The molecular weight excluding hydrogens is 1030 g/mol.